The molecule has 0 bridgehead atoms. The van der Waals surface area contributed by atoms with Crippen molar-refractivity contribution in [1.29, 1.82) is 0 Å². The highest BCUT2D eigenvalue weighted by Crippen LogP contribution is 2.15. The molecule has 0 rings (SSSR count). The maximum atomic E-state index is 2.30. The van der Waals surface area contributed by atoms with Gasteiger partial charge in [-0.15, -0.1) is 0 Å². The molecule has 0 fully saturated rings. The molecule has 0 amide bonds. The van der Waals surface area contributed by atoms with Gasteiger partial charge in [0.1, 0.15) is 0 Å². The van der Waals surface area contributed by atoms with Gasteiger partial charge >= 0.3 is 0 Å². The zero-order valence-corrected chi connectivity index (χ0v) is 18.0. The molecule has 0 radical (unpaired) electrons. The summed E-state index contributed by atoms with van der Waals surface area (Å²) in [6.45, 7) is 4.42. The highest BCUT2D eigenvalue weighted by molar-refractivity contribution is 4.76. The fourth-order valence-electron chi connectivity index (χ4n) is 3.68. The van der Waals surface area contributed by atoms with Crippen LogP contribution in [0.15, 0.2) is 12.2 Å². The Balaban J connectivity index is 2.96. The van der Waals surface area contributed by atoms with E-state index in [1.54, 1.807) is 0 Å². The van der Waals surface area contributed by atoms with Crippen molar-refractivity contribution in [3.05, 3.63) is 12.2 Å². The maximum absolute atomic E-state index is 2.30. The minimum atomic E-state index is 1.29. The first-order valence-electron chi connectivity index (χ1n) is 12.0. The molecule has 0 N–H and O–H groups in total. The lowest BCUT2D eigenvalue weighted by Gasteiger charge is -2.04. The number of hydrogen-bond donors (Lipinski definition) is 0. The van der Waals surface area contributed by atoms with Crippen LogP contribution in [0.3, 0.4) is 0 Å². The van der Waals surface area contributed by atoms with Gasteiger partial charge in [0.25, 0.3) is 0 Å². The zero-order valence-electron chi connectivity index (χ0n) is 18.0. The van der Waals surface area contributed by atoms with Crippen molar-refractivity contribution in [2.75, 3.05) is 0 Å². The molecule has 0 saturated heterocycles. The van der Waals surface area contributed by atoms with Gasteiger partial charge in [-0.2, -0.15) is 0 Å². The lowest BCUT2D eigenvalue weighted by Crippen LogP contribution is -1.84. The molecule has 25 heavy (non-hydrogen) atoms. The van der Waals surface area contributed by atoms with Crippen molar-refractivity contribution in [3.63, 3.8) is 0 Å². The molecule has 0 heterocycles. The predicted octanol–water partition coefficient (Wildman–Crippen LogP) is 9.77. The minimum absolute atomic E-state index is 1.29. The smallest absolute Gasteiger partial charge is 0.0351 e. The van der Waals surface area contributed by atoms with Crippen LogP contribution in [0.5, 0.6) is 0 Å². The van der Waals surface area contributed by atoms with Crippen LogP contribution >= 0.6 is 0 Å². The van der Waals surface area contributed by atoms with Gasteiger partial charge in [-0.05, 0) is 19.8 Å². The first-order chi connectivity index (χ1) is 12.4. The minimum Gasteiger partial charge on any atom is -0.0917 e. The van der Waals surface area contributed by atoms with Gasteiger partial charge in [-0.1, -0.05) is 141 Å². The summed E-state index contributed by atoms with van der Waals surface area (Å²) >= 11 is 0. The Morgan fingerprint density at radius 1 is 0.400 bits per heavy atom. The lowest BCUT2D eigenvalue weighted by molar-refractivity contribution is 0.522. The Morgan fingerprint density at radius 3 is 0.960 bits per heavy atom. The number of unbranched alkanes of at least 4 members (excludes halogenated alkanes) is 20. The summed E-state index contributed by atoms with van der Waals surface area (Å²) in [5.74, 6) is 0. The van der Waals surface area contributed by atoms with Crippen molar-refractivity contribution in [2.45, 2.75) is 149 Å². The lowest BCUT2D eigenvalue weighted by atomic mass is 10.0. The van der Waals surface area contributed by atoms with Crippen molar-refractivity contribution in [1.82, 2.24) is 0 Å². The third-order valence-electron chi connectivity index (χ3n) is 5.46. The zero-order chi connectivity index (χ0) is 18.3. The van der Waals surface area contributed by atoms with Crippen LogP contribution in [0, 0.1) is 0 Å². The van der Waals surface area contributed by atoms with Gasteiger partial charge in [-0.25, -0.2) is 0 Å². The van der Waals surface area contributed by atoms with Crippen molar-refractivity contribution in [2.24, 2.45) is 0 Å². The largest absolute Gasteiger partial charge is 0.0917 e. The van der Waals surface area contributed by atoms with E-state index in [0.29, 0.717) is 0 Å². The van der Waals surface area contributed by atoms with Crippen LogP contribution in [-0.2, 0) is 0 Å². The van der Waals surface area contributed by atoms with Gasteiger partial charge in [-0.3, -0.25) is 0 Å². The summed E-state index contributed by atoms with van der Waals surface area (Å²) in [5, 5.41) is 0. The van der Waals surface area contributed by atoms with Gasteiger partial charge in [0.15, 0.2) is 0 Å². The summed E-state index contributed by atoms with van der Waals surface area (Å²) in [5.41, 5.74) is 0. The molecule has 0 aromatic rings. The normalized spacial score (nSPS) is 11.6. The average molecular weight is 351 g/mol. The molecule has 0 spiro atoms. The number of hydrogen-bond acceptors (Lipinski definition) is 0. The Bertz CT molecular complexity index is 240. The van der Waals surface area contributed by atoms with Crippen LogP contribution in [0.25, 0.3) is 0 Å². The maximum Gasteiger partial charge on any atom is -0.0351 e. The standard InChI is InChI=1S/C25H50/c1-3-5-7-9-11-13-15-17-19-21-23-25-24-22-20-18-16-14-12-10-8-6-4-2/h3,5H,4,6-25H2,1-2H3/b5-3-. The topological polar surface area (TPSA) is 0 Å². The Kier molecular flexibility index (Phi) is 23.5. The second kappa shape index (κ2) is 23.7. The van der Waals surface area contributed by atoms with Gasteiger partial charge in [0, 0.05) is 0 Å². The monoisotopic (exact) mass is 350 g/mol. The van der Waals surface area contributed by atoms with E-state index in [-0.39, 0.29) is 0 Å². The fraction of sp³-hybridized carbons (Fsp3) is 0.920. The molecule has 150 valence electrons. The van der Waals surface area contributed by atoms with Gasteiger partial charge < -0.3 is 0 Å². The van der Waals surface area contributed by atoms with E-state index in [9.17, 15) is 0 Å². The average Bonchev–Trinajstić information content (AvgIpc) is 2.63. The summed E-state index contributed by atoms with van der Waals surface area (Å²) in [6.07, 6.45) is 35.1. The molecule has 0 aliphatic carbocycles. The second-order valence-electron chi connectivity index (χ2n) is 8.08. The van der Waals surface area contributed by atoms with Gasteiger partial charge in [0.2, 0.25) is 0 Å². The number of allylic oxidation sites excluding steroid dienone is 2. The highest BCUT2D eigenvalue weighted by atomic mass is 14.0. The fourth-order valence-corrected chi connectivity index (χ4v) is 3.68. The molecule has 0 nitrogen and oxygen atoms in total. The highest BCUT2D eigenvalue weighted by Gasteiger charge is 1.95. The summed E-state index contributed by atoms with van der Waals surface area (Å²) in [7, 11) is 0. The molecule has 0 atom stereocenters. The van der Waals surface area contributed by atoms with E-state index in [1.165, 1.54) is 135 Å². The third kappa shape index (κ3) is 23.7. The van der Waals surface area contributed by atoms with Crippen LogP contribution in [-0.4, -0.2) is 0 Å². The van der Waals surface area contributed by atoms with Crippen LogP contribution in [0.4, 0.5) is 0 Å². The molecule has 0 aliphatic heterocycles. The SMILES string of the molecule is C/C=C\CCCCCCCCCCCCCCCCCCCCCC. The van der Waals surface area contributed by atoms with E-state index < -0.39 is 0 Å². The number of rotatable bonds is 21. The van der Waals surface area contributed by atoms with Crippen molar-refractivity contribution < 1.29 is 0 Å². The van der Waals surface area contributed by atoms with Crippen LogP contribution in [0.1, 0.15) is 149 Å². The Hall–Kier alpha value is -0.260. The van der Waals surface area contributed by atoms with Gasteiger partial charge in [0.05, 0.1) is 0 Å². The van der Waals surface area contributed by atoms with Crippen LogP contribution in [0.2, 0.25) is 0 Å². The molecule has 0 unspecified atom stereocenters. The molecule has 0 aromatic carbocycles. The van der Waals surface area contributed by atoms with E-state index in [2.05, 4.69) is 26.0 Å². The summed E-state index contributed by atoms with van der Waals surface area (Å²) in [4.78, 5) is 0. The molecule has 0 aromatic heterocycles. The third-order valence-corrected chi connectivity index (χ3v) is 5.46. The van der Waals surface area contributed by atoms with Crippen molar-refractivity contribution in [3.8, 4) is 0 Å². The molecular formula is C25H50. The molecular weight excluding hydrogens is 300 g/mol. The Morgan fingerprint density at radius 2 is 0.680 bits per heavy atom. The summed E-state index contributed by atoms with van der Waals surface area (Å²) in [6, 6.07) is 0. The molecule has 0 saturated carbocycles. The quantitative estimate of drug-likeness (QED) is 0.143. The van der Waals surface area contributed by atoms with E-state index in [0.717, 1.165) is 0 Å². The molecule has 0 aliphatic rings. The predicted molar refractivity (Wildman–Crippen MR) is 117 cm³/mol. The van der Waals surface area contributed by atoms with Crippen LogP contribution < -0.4 is 0 Å². The first kappa shape index (κ1) is 24.7. The summed E-state index contributed by atoms with van der Waals surface area (Å²) < 4.78 is 0. The van der Waals surface area contributed by atoms with Crippen molar-refractivity contribution >= 4 is 0 Å². The first-order valence-corrected chi connectivity index (χ1v) is 12.0. The second-order valence-corrected chi connectivity index (χ2v) is 8.08. The Labute approximate surface area is 161 Å². The molecule has 0 heteroatoms. The van der Waals surface area contributed by atoms with E-state index >= 15 is 0 Å². The van der Waals surface area contributed by atoms with E-state index in [1.807, 2.05) is 0 Å². The van der Waals surface area contributed by atoms with E-state index in [4.69, 9.17) is 0 Å².